The number of hydrogen-bond acceptors (Lipinski definition) is 6. The third-order valence-corrected chi connectivity index (χ3v) is 3.51. The summed E-state index contributed by atoms with van der Waals surface area (Å²) in [6.45, 7) is 1.69. The fourth-order valence-corrected chi connectivity index (χ4v) is 2.26. The van der Waals surface area contributed by atoms with Crippen LogP contribution in [0.25, 0.3) is 0 Å². The van der Waals surface area contributed by atoms with Gasteiger partial charge in [-0.25, -0.2) is 0 Å². The molecular weight excluding hydrogens is 260 g/mol. The van der Waals surface area contributed by atoms with Gasteiger partial charge in [-0.15, -0.1) is 0 Å². The molecule has 0 bridgehead atoms. The Bertz CT molecular complexity index is 469. The maximum absolute atomic E-state index is 10.5. The first kappa shape index (κ1) is 14.5. The number of nitrogens with zero attached hydrogens (tertiary/aromatic N) is 3. The van der Waals surface area contributed by atoms with Gasteiger partial charge in [0, 0.05) is 39.6 Å². The number of aromatic nitrogens is 1. The Morgan fingerprint density at radius 1 is 1.50 bits per heavy atom. The number of nitrogens with two attached hydrogens (primary N) is 1. The van der Waals surface area contributed by atoms with E-state index in [-0.39, 0.29) is 5.84 Å². The van der Waals surface area contributed by atoms with Gasteiger partial charge in [0.25, 0.3) is 0 Å². The monoisotopic (exact) mass is 280 g/mol. The van der Waals surface area contributed by atoms with Crippen LogP contribution in [-0.4, -0.2) is 53.5 Å². The minimum Gasteiger partial charge on any atom is -0.409 e. The molecule has 0 saturated carbocycles. The maximum atomic E-state index is 10.5. The van der Waals surface area contributed by atoms with Crippen LogP contribution < -0.4 is 10.6 Å². The summed E-state index contributed by atoms with van der Waals surface area (Å²) in [7, 11) is 1.90. The number of ether oxygens (including phenoxy) is 1. The van der Waals surface area contributed by atoms with Crippen molar-refractivity contribution in [3.63, 3.8) is 0 Å². The van der Waals surface area contributed by atoms with E-state index >= 15 is 0 Å². The lowest BCUT2D eigenvalue weighted by Crippen LogP contribution is -2.45. The van der Waals surface area contributed by atoms with E-state index in [1.165, 1.54) is 0 Å². The Morgan fingerprint density at radius 2 is 2.20 bits per heavy atom. The number of aliphatic hydroxyl groups is 1. The van der Waals surface area contributed by atoms with Crippen LogP contribution in [0.1, 0.15) is 18.5 Å². The van der Waals surface area contributed by atoms with Gasteiger partial charge >= 0.3 is 0 Å². The predicted molar refractivity (Wildman–Crippen MR) is 75.0 cm³/mol. The van der Waals surface area contributed by atoms with E-state index in [2.05, 4.69) is 10.1 Å². The zero-order chi connectivity index (χ0) is 14.6. The van der Waals surface area contributed by atoms with Crippen LogP contribution in [0.2, 0.25) is 0 Å². The quantitative estimate of drug-likeness (QED) is 0.314. The summed E-state index contributed by atoms with van der Waals surface area (Å²) in [6.07, 6.45) is 2.90. The van der Waals surface area contributed by atoms with Crippen LogP contribution in [-0.2, 0) is 4.74 Å². The Morgan fingerprint density at radius 3 is 2.75 bits per heavy atom. The topological polar surface area (TPSA) is 104 Å². The zero-order valence-electron chi connectivity index (χ0n) is 11.5. The number of rotatable bonds is 4. The van der Waals surface area contributed by atoms with Crippen LogP contribution >= 0.6 is 0 Å². The van der Waals surface area contributed by atoms with Gasteiger partial charge in [0.05, 0.1) is 17.5 Å². The standard InChI is InChI=1S/C13H20N4O3/c1-17(9-13(18)4-6-20-7-5-13)10-2-3-11(15-8-10)12(14)16-19/h2-3,8,18-19H,4-7,9H2,1H3,(H2,14,16). The molecule has 1 fully saturated rings. The zero-order valence-corrected chi connectivity index (χ0v) is 11.5. The van der Waals surface area contributed by atoms with Gasteiger partial charge in [-0.3, -0.25) is 4.98 Å². The number of amidine groups is 1. The molecule has 1 aromatic heterocycles. The molecule has 4 N–H and O–H groups in total. The molecule has 0 aromatic carbocycles. The van der Waals surface area contributed by atoms with Gasteiger partial charge in [0.15, 0.2) is 5.84 Å². The Kier molecular flexibility index (Phi) is 4.41. The largest absolute Gasteiger partial charge is 0.409 e. The van der Waals surface area contributed by atoms with Crippen molar-refractivity contribution >= 4 is 11.5 Å². The molecule has 0 spiro atoms. The summed E-state index contributed by atoms with van der Waals surface area (Å²) in [5.74, 6) is -0.0257. The second-order valence-corrected chi connectivity index (χ2v) is 5.08. The van der Waals surface area contributed by atoms with Crippen molar-refractivity contribution in [2.75, 3.05) is 31.7 Å². The van der Waals surface area contributed by atoms with Crippen LogP contribution in [0.5, 0.6) is 0 Å². The number of oxime groups is 1. The van der Waals surface area contributed by atoms with Gasteiger partial charge in [-0.2, -0.15) is 0 Å². The smallest absolute Gasteiger partial charge is 0.188 e. The van der Waals surface area contributed by atoms with Crippen molar-refractivity contribution < 1.29 is 15.1 Å². The molecule has 0 atom stereocenters. The molecule has 2 rings (SSSR count). The first-order valence-electron chi connectivity index (χ1n) is 6.49. The Labute approximate surface area is 117 Å². The average molecular weight is 280 g/mol. The third-order valence-electron chi connectivity index (χ3n) is 3.51. The molecule has 20 heavy (non-hydrogen) atoms. The van der Waals surface area contributed by atoms with Gasteiger partial charge < -0.3 is 25.7 Å². The Hall–Kier alpha value is -1.86. The summed E-state index contributed by atoms with van der Waals surface area (Å²) < 4.78 is 5.27. The molecule has 1 aliphatic heterocycles. The summed E-state index contributed by atoms with van der Waals surface area (Å²) in [4.78, 5) is 6.06. The molecule has 7 heteroatoms. The number of hydrogen-bond donors (Lipinski definition) is 3. The minimum absolute atomic E-state index is 0.0257. The highest BCUT2D eigenvalue weighted by atomic mass is 16.5. The molecule has 1 aliphatic rings. The van der Waals surface area contributed by atoms with Crippen LogP contribution in [0.4, 0.5) is 5.69 Å². The van der Waals surface area contributed by atoms with Crippen LogP contribution in [0.15, 0.2) is 23.5 Å². The van der Waals surface area contributed by atoms with E-state index in [1.54, 1.807) is 12.3 Å². The average Bonchev–Trinajstić information content (AvgIpc) is 2.47. The maximum Gasteiger partial charge on any atom is 0.188 e. The molecule has 7 nitrogen and oxygen atoms in total. The molecule has 0 radical (unpaired) electrons. The highest BCUT2D eigenvalue weighted by Gasteiger charge is 2.31. The van der Waals surface area contributed by atoms with E-state index in [0.29, 0.717) is 38.3 Å². The first-order chi connectivity index (χ1) is 9.54. The molecule has 0 unspecified atom stereocenters. The van der Waals surface area contributed by atoms with Crippen LogP contribution in [0, 0.1) is 0 Å². The second-order valence-electron chi connectivity index (χ2n) is 5.08. The lowest BCUT2D eigenvalue weighted by molar-refractivity contribution is -0.0572. The highest BCUT2D eigenvalue weighted by Crippen LogP contribution is 2.23. The van der Waals surface area contributed by atoms with Gasteiger partial charge in [0.1, 0.15) is 5.69 Å². The molecule has 110 valence electrons. The van der Waals surface area contributed by atoms with Gasteiger partial charge in [-0.1, -0.05) is 5.16 Å². The SMILES string of the molecule is CN(CC1(O)CCOCC1)c1ccc(/C(N)=N/O)nc1. The minimum atomic E-state index is -0.725. The number of likely N-dealkylation sites (N-methyl/N-ethyl adjacent to an activating group) is 1. The van der Waals surface area contributed by atoms with Crippen molar-refractivity contribution in [3.8, 4) is 0 Å². The molecule has 1 saturated heterocycles. The predicted octanol–water partition coefficient (Wildman–Crippen LogP) is 0.154. The number of anilines is 1. The normalized spacial score (nSPS) is 18.8. The van der Waals surface area contributed by atoms with Crippen molar-refractivity contribution in [2.45, 2.75) is 18.4 Å². The first-order valence-corrected chi connectivity index (χ1v) is 6.49. The molecule has 0 aliphatic carbocycles. The van der Waals surface area contributed by atoms with Gasteiger partial charge in [-0.05, 0) is 12.1 Å². The van der Waals surface area contributed by atoms with E-state index in [4.69, 9.17) is 15.7 Å². The van der Waals surface area contributed by atoms with Crippen molar-refractivity contribution in [1.82, 2.24) is 4.98 Å². The third kappa shape index (κ3) is 3.37. The summed E-state index contributed by atoms with van der Waals surface area (Å²) in [5, 5.41) is 22.0. The van der Waals surface area contributed by atoms with E-state index in [0.717, 1.165) is 5.69 Å². The summed E-state index contributed by atoms with van der Waals surface area (Å²) in [5.41, 5.74) is 6.01. The highest BCUT2D eigenvalue weighted by molar-refractivity contribution is 5.95. The second kappa shape index (κ2) is 6.06. The van der Waals surface area contributed by atoms with Crippen LogP contribution in [0.3, 0.4) is 0 Å². The lowest BCUT2D eigenvalue weighted by Gasteiger charge is -2.36. The summed E-state index contributed by atoms with van der Waals surface area (Å²) in [6, 6.07) is 3.50. The fourth-order valence-electron chi connectivity index (χ4n) is 2.26. The van der Waals surface area contributed by atoms with Crippen molar-refractivity contribution in [2.24, 2.45) is 10.9 Å². The van der Waals surface area contributed by atoms with E-state index in [1.807, 2.05) is 18.0 Å². The summed E-state index contributed by atoms with van der Waals surface area (Å²) >= 11 is 0. The Balaban J connectivity index is 2.03. The molecule has 1 aromatic rings. The van der Waals surface area contributed by atoms with E-state index < -0.39 is 5.60 Å². The van der Waals surface area contributed by atoms with Gasteiger partial charge in [0.2, 0.25) is 0 Å². The van der Waals surface area contributed by atoms with Crippen molar-refractivity contribution in [3.05, 3.63) is 24.0 Å². The van der Waals surface area contributed by atoms with Crippen molar-refractivity contribution in [1.29, 1.82) is 0 Å². The number of pyridine rings is 1. The van der Waals surface area contributed by atoms with E-state index in [9.17, 15) is 5.11 Å². The fraction of sp³-hybridized carbons (Fsp3) is 0.538. The lowest BCUT2D eigenvalue weighted by atomic mass is 9.94. The molecular formula is C13H20N4O3. The molecule has 2 heterocycles. The molecule has 0 amide bonds.